The highest BCUT2D eigenvalue weighted by Gasteiger charge is 2.64. The Kier molecular flexibility index (Phi) is 12.1. The smallest absolute Gasteiger partial charge is 0.337 e. The Bertz CT molecular complexity index is 1360. The van der Waals surface area contributed by atoms with Gasteiger partial charge in [-0.3, -0.25) is 4.79 Å². The lowest BCUT2D eigenvalue weighted by Crippen LogP contribution is -2.58. The Balaban J connectivity index is 1.55. The third kappa shape index (κ3) is 7.83. The van der Waals surface area contributed by atoms with Crippen molar-refractivity contribution < 1.29 is 53.0 Å². The highest BCUT2D eigenvalue weighted by Crippen LogP contribution is 2.47. The van der Waals surface area contributed by atoms with E-state index in [1.807, 2.05) is 26.0 Å². The summed E-state index contributed by atoms with van der Waals surface area (Å²) >= 11 is 0. The van der Waals surface area contributed by atoms with Crippen molar-refractivity contribution in [2.45, 2.75) is 115 Å². The number of esters is 2. The third-order valence-electron chi connectivity index (χ3n) is 10.7. The summed E-state index contributed by atoms with van der Waals surface area (Å²) in [6.07, 6.45) is 10.5. The molecule has 2 N–H and O–H groups in total. The molecule has 49 heavy (non-hydrogen) atoms. The van der Waals surface area contributed by atoms with Crippen molar-refractivity contribution in [2.24, 2.45) is 23.7 Å². The summed E-state index contributed by atoms with van der Waals surface area (Å²) in [7, 11) is 1.61. The number of carbonyl (C=O) groups is 2. The van der Waals surface area contributed by atoms with Crippen LogP contribution in [0.4, 0.5) is 0 Å². The summed E-state index contributed by atoms with van der Waals surface area (Å²) in [6, 6.07) is 0. The van der Waals surface area contributed by atoms with Gasteiger partial charge in [0.15, 0.2) is 17.5 Å². The van der Waals surface area contributed by atoms with Gasteiger partial charge in [0.2, 0.25) is 0 Å². The maximum absolute atomic E-state index is 14.1. The van der Waals surface area contributed by atoms with Crippen LogP contribution in [-0.4, -0.2) is 97.3 Å². The van der Waals surface area contributed by atoms with Gasteiger partial charge in [0.1, 0.15) is 24.9 Å². The molecule has 0 radical (unpaired) electrons. The van der Waals surface area contributed by atoms with Gasteiger partial charge in [0, 0.05) is 31.8 Å². The Morgan fingerprint density at radius 2 is 1.82 bits per heavy atom. The summed E-state index contributed by atoms with van der Waals surface area (Å²) in [6.45, 7) is 12.9. The average Bonchev–Trinajstić information content (AvgIpc) is 3.33. The Morgan fingerprint density at radius 1 is 1.04 bits per heavy atom. The van der Waals surface area contributed by atoms with E-state index in [1.54, 1.807) is 20.1 Å². The first-order valence-corrected chi connectivity index (χ1v) is 17.6. The van der Waals surface area contributed by atoms with Crippen molar-refractivity contribution in [2.75, 3.05) is 27.1 Å². The van der Waals surface area contributed by atoms with Gasteiger partial charge in [0.05, 0.1) is 37.1 Å². The molecule has 5 aliphatic rings. The summed E-state index contributed by atoms with van der Waals surface area (Å²) in [5, 5.41) is 23.2. The molecule has 272 valence electrons. The van der Waals surface area contributed by atoms with Crippen molar-refractivity contribution in [3.05, 3.63) is 59.3 Å². The van der Waals surface area contributed by atoms with E-state index in [1.165, 1.54) is 12.2 Å². The zero-order valence-corrected chi connectivity index (χ0v) is 29.8. The van der Waals surface area contributed by atoms with E-state index >= 15 is 0 Å². The lowest BCUT2D eigenvalue weighted by atomic mass is 9.70. The van der Waals surface area contributed by atoms with Gasteiger partial charge >= 0.3 is 11.9 Å². The molecular formula is C38H54O11. The molecule has 0 unspecified atom stereocenters. The molecule has 0 aromatic heterocycles. The van der Waals surface area contributed by atoms with Gasteiger partial charge in [-0.05, 0) is 49.5 Å². The van der Waals surface area contributed by atoms with E-state index in [0.29, 0.717) is 31.6 Å². The van der Waals surface area contributed by atoms with Crippen molar-refractivity contribution in [1.82, 2.24) is 0 Å². The second-order valence-electron chi connectivity index (χ2n) is 14.3. The summed E-state index contributed by atoms with van der Waals surface area (Å²) in [4.78, 5) is 27.3. The van der Waals surface area contributed by atoms with Crippen LogP contribution in [0.25, 0.3) is 0 Å². The number of allylic oxidation sites excluding steroid dienone is 2. The number of rotatable bonds is 8. The monoisotopic (exact) mass is 686 g/mol. The zero-order valence-electron chi connectivity index (χ0n) is 29.8. The van der Waals surface area contributed by atoms with Crippen LogP contribution in [0.1, 0.15) is 67.2 Å². The summed E-state index contributed by atoms with van der Waals surface area (Å²) in [5.74, 6) is -3.68. The van der Waals surface area contributed by atoms with Gasteiger partial charge in [-0.2, -0.15) is 0 Å². The second-order valence-corrected chi connectivity index (χ2v) is 14.3. The zero-order chi connectivity index (χ0) is 35.5. The minimum Gasteiger partial charge on any atom is -0.462 e. The Labute approximate surface area is 289 Å². The van der Waals surface area contributed by atoms with E-state index in [0.717, 1.165) is 12.0 Å². The van der Waals surface area contributed by atoms with Crippen LogP contribution in [0, 0.1) is 23.7 Å². The van der Waals surface area contributed by atoms with Crippen LogP contribution in [0.2, 0.25) is 0 Å². The van der Waals surface area contributed by atoms with Crippen LogP contribution < -0.4 is 0 Å². The lowest BCUT2D eigenvalue weighted by molar-refractivity contribution is -0.300. The van der Waals surface area contributed by atoms with Gasteiger partial charge in [0.25, 0.3) is 0 Å². The fourth-order valence-corrected chi connectivity index (χ4v) is 7.67. The van der Waals surface area contributed by atoms with Gasteiger partial charge in [-0.25, -0.2) is 4.79 Å². The molecule has 0 amide bonds. The van der Waals surface area contributed by atoms with Crippen LogP contribution in [0.15, 0.2) is 59.3 Å². The third-order valence-corrected chi connectivity index (χ3v) is 10.7. The minimum atomic E-state index is -2.15. The van der Waals surface area contributed by atoms with E-state index in [4.69, 9.17) is 33.2 Å². The molecular weight excluding hydrogens is 632 g/mol. The second kappa shape index (κ2) is 15.7. The van der Waals surface area contributed by atoms with E-state index < -0.39 is 47.6 Å². The van der Waals surface area contributed by atoms with E-state index in [2.05, 4.69) is 32.9 Å². The number of aliphatic hydroxyl groups excluding tert-OH is 1. The normalized spacial score (nSPS) is 41.9. The average molecular weight is 687 g/mol. The summed E-state index contributed by atoms with van der Waals surface area (Å²) < 4.78 is 42.2. The van der Waals surface area contributed by atoms with Gasteiger partial charge in [-0.1, -0.05) is 64.5 Å². The maximum atomic E-state index is 14.1. The highest BCUT2D eigenvalue weighted by molar-refractivity contribution is 5.97. The fourth-order valence-electron chi connectivity index (χ4n) is 7.67. The van der Waals surface area contributed by atoms with Crippen LogP contribution in [-0.2, 0) is 42.7 Å². The fraction of sp³-hybridized carbons (Fsp3) is 0.684. The molecule has 11 heteroatoms. The number of methoxy groups -OCH3 is 1. The van der Waals surface area contributed by atoms with Crippen molar-refractivity contribution in [3.8, 4) is 0 Å². The topological polar surface area (TPSA) is 139 Å². The van der Waals surface area contributed by atoms with Gasteiger partial charge < -0.3 is 43.4 Å². The molecule has 2 bridgehead atoms. The number of hydrogen-bond acceptors (Lipinski definition) is 11. The van der Waals surface area contributed by atoms with Crippen LogP contribution >= 0.6 is 0 Å². The first-order valence-electron chi connectivity index (χ1n) is 17.6. The molecule has 12 atom stereocenters. The van der Waals surface area contributed by atoms with Crippen molar-refractivity contribution in [1.29, 1.82) is 0 Å². The Hall–Kier alpha value is -2.64. The number of hydrogen-bond donors (Lipinski definition) is 2. The predicted molar refractivity (Wildman–Crippen MR) is 180 cm³/mol. The molecule has 0 aromatic rings. The standard InChI is InChI=1S/C38H54O11/c1-8-22(2)33-25(5)14-15-37(49-33)20-28-19-27(48-37)13-12-24(4)32(45-21-44-17-16-43-7)23(3)10-9-11-29-35(40)47-34-31(39)26(6)18-30(36(41)46-28)38(29,34)42/h9-12,14-15,18,22-23,25,27-28,30-34,39,42H,8,13,16-17,19-21H2,1-7H3/b10-9-,24-12-,29-11?/t22-,23-,25-,27+,28-,30-,31+,32-,33+,34+,37+,38+/m0/s1. The maximum Gasteiger partial charge on any atom is 0.337 e. The highest BCUT2D eigenvalue weighted by atomic mass is 16.7. The van der Waals surface area contributed by atoms with Gasteiger partial charge in [-0.15, -0.1) is 0 Å². The molecule has 5 rings (SSSR count). The number of ether oxygens (including phenoxy) is 7. The van der Waals surface area contributed by atoms with Crippen LogP contribution in [0.5, 0.6) is 0 Å². The van der Waals surface area contributed by atoms with Crippen molar-refractivity contribution in [3.63, 3.8) is 0 Å². The predicted octanol–water partition coefficient (Wildman–Crippen LogP) is 4.48. The van der Waals surface area contributed by atoms with Crippen molar-refractivity contribution >= 4 is 11.9 Å². The molecule has 0 saturated carbocycles. The molecule has 1 aliphatic carbocycles. The number of carbonyl (C=O) groups excluding carboxylic acids is 2. The first kappa shape index (κ1) is 37.6. The van der Waals surface area contributed by atoms with Crippen LogP contribution in [0.3, 0.4) is 0 Å². The first-order chi connectivity index (χ1) is 23.3. The Morgan fingerprint density at radius 3 is 2.55 bits per heavy atom. The number of aliphatic hydroxyl groups is 2. The molecule has 4 aliphatic heterocycles. The molecule has 4 heterocycles. The molecule has 1 spiro atoms. The lowest BCUT2D eigenvalue weighted by Gasteiger charge is -2.48. The molecule has 11 nitrogen and oxygen atoms in total. The molecule has 2 fully saturated rings. The van der Waals surface area contributed by atoms with E-state index in [9.17, 15) is 19.8 Å². The largest absolute Gasteiger partial charge is 0.462 e. The van der Waals surface area contributed by atoms with E-state index in [-0.39, 0.29) is 54.9 Å². The SMILES string of the molecule is CC[C@H](C)[C@H]1O[C@]2(C=C[C@@H]1C)C[C@@H]1C[C@@H](C/C=C(/C)[C@@H](OCOCCOC)[C@@H](C)/C=C\C=C3C(=O)O[C@@H]4[C@H](O)C(C)=C[C@@H](C(=O)O1)[C@]34O)O2. The molecule has 2 saturated heterocycles. The number of fused-ring (bicyclic) bond motifs is 2. The molecule has 0 aromatic carbocycles. The summed E-state index contributed by atoms with van der Waals surface area (Å²) in [5.41, 5.74) is -0.928. The minimum absolute atomic E-state index is 0.0480. The quantitative estimate of drug-likeness (QED) is 0.162.